The zero-order chi connectivity index (χ0) is 16.4. The Morgan fingerprint density at radius 2 is 1.91 bits per heavy atom. The summed E-state index contributed by atoms with van der Waals surface area (Å²) in [6.45, 7) is 7.27. The van der Waals surface area contributed by atoms with Crippen molar-refractivity contribution in [2.75, 3.05) is 17.6 Å². The molecule has 3 aromatic rings. The van der Waals surface area contributed by atoms with Crippen LogP contribution in [0, 0.1) is 0 Å². The molecule has 6 heteroatoms. The van der Waals surface area contributed by atoms with Gasteiger partial charge in [-0.2, -0.15) is 4.98 Å². The molecule has 0 atom stereocenters. The molecule has 0 saturated carbocycles. The molecule has 23 heavy (non-hydrogen) atoms. The predicted octanol–water partition coefficient (Wildman–Crippen LogP) is 3.62. The minimum Gasteiger partial charge on any atom is -0.383 e. The maximum Gasteiger partial charge on any atom is 0.225 e. The highest BCUT2D eigenvalue weighted by molar-refractivity contribution is 7.09. The molecular formula is C17H21N5S. The van der Waals surface area contributed by atoms with Gasteiger partial charge >= 0.3 is 0 Å². The number of fused-ring (bicyclic) bond motifs is 1. The Labute approximate surface area is 140 Å². The van der Waals surface area contributed by atoms with Crippen molar-refractivity contribution in [1.82, 2.24) is 15.0 Å². The van der Waals surface area contributed by atoms with E-state index in [2.05, 4.69) is 41.4 Å². The van der Waals surface area contributed by atoms with Gasteiger partial charge in [0.25, 0.3) is 0 Å². The highest BCUT2D eigenvalue weighted by Crippen LogP contribution is 2.25. The van der Waals surface area contributed by atoms with Gasteiger partial charge in [-0.1, -0.05) is 32.9 Å². The van der Waals surface area contributed by atoms with E-state index in [1.807, 2.05) is 24.3 Å². The van der Waals surface area contributed by atoms with E-state index in [0.29, 0.717) is 11.8 Å². The molecule has 2 aromatic heterocycles. The molecule has 5 nitrogen and oxygen atoms in total. The summed E-state index contributed by atoms with van der Waals surface area (Å²) in [6.07, 6.45) is 0.836. The van der Waals surface area contributed by atoms with E-state index in [0.717, 1.165) is 29.6 Å². The van der Waals surface area contributed by atoms with Gasteiger partial charge < -0.3 is 11.1 Å². The third-order valence-corrected chi connectivity index (χ3v) is 4.81. The summed E-state index contributed by atoms with van der Waals surface area (Å²) >= 11 is 1.72. The Kier molecular flexibility index (Phi) is 4.17. The van der Waals surface area contributed by atoms with Gasteiger partial charge in [-0.05, 0) is 12.1 Å². The van der Waals surface area contributed by atoms with Crippen LogP contribution in [0.5, 0.6) is 0 Å². The summed E-state index contributed by atoms with van der Waals surface area (Å²) in [5, 5.41) is 7.41. The number of benzene rings is 1. The molecule has 0 aliphatic rings. The summed E-state index contributed by atoms with van der Waals surface area (Å²) in [4.78, 5) is 13.5. The number of para-hydroxylation sites is 1. The molecule has 3 rings (SSSR count). The molecule has 120 valence electrons. The van der Waals surface area contributed by atoms with Gasteiger partial charge in [-0.15, -0.1) is 11.3 Å². The first-order valence-electron chi connectivity index (χ1n) is 7.64. The third kappa shape index (κ3) is 3.59. The summed E-state index contributed by atoms with van der Waals surface area (Å²) in [5.74, 6) is 1.06. The quantitative estimate of drug-likeness (QED) is 0.765. The molecule has 0 fully saturated rings. The summed E-state index contributed by atoms with van der Waals surface area (Å²) < 4.78 is 0. The summed E-state index contributed by atoms with van der Waals surface area (Å²) in [7, 11) is 0. The fourth-order valence-corrected chi connectivity index (χ4v) is 3.19. The van der Waals surface area contributed by atoms with Crippen molar-refractivity contribution in [3.8, 4) is 0 Å². The van der Waals surface area contributed by atoms with E-state index in [4.69, 9.17) is 10.7 Å². The number of hydrogen-bond acceptors (Lipinski definition) is 6. The molecule has 0 saturated heterocycles. The van der Waals surface area contributed by atoms with E-state index in [9.17, 15) is 0 Å². The number of aromatic nitrogens is 3. The Bertz CT molecular complexity index is 819. The first kappa shape index (κ1) is 15.7. The lowest BCUT2D eigenvalue weighted by atomic mass is 9.98. The molecule has 0 amide bonds. The van der Waals surface area contributed by atoms with Gasteiger partial charge in [-0.3, -0.25) is 0 Å². The summed E-state index contributed by atoms with van der Waals surface area (Å²) in [6, 6.07) is 7.75. The molecule has 3 N–H and O–H groups in total. The van der Waals surface area contributed by atoms with Crippen LogP contribution in [0.15, 0.2) is 29.6 Å². The number of nitrogens with zero attached hydrogens (tertiary/aromatic N) is 3. The Balaban J connectivity index is 1.66. The van der Waals surface area contributed by atoms with Crippen LogP contribution in [0.25, 0.3) is 10.9 Å². The highest BCUT2D eigenvalue weighted by Gasteiger charge is 2.17. The third-order valence-electron chi connectivity index (χ3n) is 3.49. The maximum atomic E-state index is 5.99. The number of rotatable bonds is 4. The number of nitrogens with one attached hydrogen (secondary N) is 1. The van der Waals surface area contributed by atoms with E-state index in [-0.39, 0.29) is 5.41 Å². The molecule has 0 aliphatic carbocycles. The molecule has 0 aliphatic heterocycles. The zero-order valence-corrected chi connectivity index (χ0v) is 14.4. The van der Waals surface area contributed by atoms with Crippen LogP contribution in [0.1, 0.15) is 31.5 Å². The van der Waals surface area contributed by atoms with Crippen molar-refractivity contribution in [3.63, 3.8) is 0 Å². The van der Waals surface area contributed by atoms with Crippen LogP contribution in [0.4, 0.5) is 11.8 Å². The normalized spacial score (nSPS) is 11.8. The van der Waals surface area contributed by atoms with E-state index < -0.39 is 0 Å². The fourth-order valence-electron chi connectivity index (χ4n) is 2.25. The highest BCUT2D eigenvalue weighted by atomic mass is 32.1. The lowest BCUT2D eigenvalue weighted by Crippen LogP contribution is -2.12. The van der Waals surface area contributed by atoms with Gasteiger partial charge in [0.2, 0.25) is 5.95 Å². The maximum absolute atomic E-state index is 5.99. The van der Waals surface area contributed by atoms with Gasteiger partial charge in [-0.25, -0.2) is 9.97 Å². The molecule has 2 heterocycles. The zero-order valence-electron chi connectivity index (χ0n) is 13.6. The fraction of sp³-hybridized carbons (Fsp3) is 0.353. The van der Waals surface area contributed by atoms with Crippen LogP contribution in [0.3, 0.4) is 0 Å². The second-order valence-corrected chi connectivity index (χ2v) is 7.38. The van der Waals surface area contributed by atoms with Gasteiger partial charge in [0.05, 0.1) is 16.2 Å². The van der Waals surface area contributed by atoms with Crippen LogP contribution >= 0.6 is 11.3 Å². The topological polar surface area (TPSA) is 76.7 Å². The number of anilines is 2. The largest absolute Gasteiger partial charge is 0.383 e. The molecule has 0 radical (unpaired) electrons. The van der Waals surface area contributed by atoms with Crippen LogP contribution in [-0.2, 0) is 11.8 Å². The van der Waals surface area contributed by atoms with Crippen molar-refractivity contribution in [2.24, 2.45) is 0 Å². The van der Waals surface area contributed by atoms with Crippen molar-refractivity contribution in [1.29, 1.82) is 0 Å². The first-order chi connectivity index (χ1) is 10.9. The number of nitrogen functional groups attached to an aromatic ring is 1. The van der Waals surface area contributed by atoms with E-state index >= 15 is 0 Å². The SMILES string of the molecule is CC(C)(C)c1nc(CCNc2nc(N)c3ccccc3n2)cs1. The molecule has 0 unspecified atom stereocenters. The number of nitrogens with two attached hydrogens (primary N) is 1. The van der Waals surface area contributed by atoms with Gasteiger partial charge in [0.1, 0.15) is 5.82 Å². The van der Waals surface area contributed by atoms with Crippen LogP contribution < -0.4 is 11.1 Å². The summed E-state index contributed by atoms with van der Waals surface area (Å²) in [5.41, 5.74) is 8.04. The van der Waals surface area contributed by atoms with Gasteiger partial charge in [0.15, 0.2) is 0 Å². The van der Waals surface area contributed by atoms with E-state index in [1.54, 1.807) is 11.3 Å². The Morgan fingerprint density at radius 1 is 1.13 bits per heavy atom. The first-order valence-corrected chi connectivity index (χ1v) is 8.52. The van der Waals surface area contributed by atoms with Gasteiger partial charge in [0, 0.05) is 29.1 Å². The van der Waals surface area contributed by atoms with Crippen molar-refractivity contribution in [2.45, 2.75) is 32.6 Å². The monoisotopic (exact) mass is 327 g/mol. The van der Waals surface area contributed by atoms with Crippen molar-refractivity contribution >= 4 is 34.0 Å². The second kappa shape index (κ2) is 6.12. The lowest BCUT2D eigenvalue weighted by Gasteiger charge is -2.13. The average Bonchev–Trinajstić information content (AvgIpc) is 2.96. The van der Waals surface area contributed by atoms with E-state index in [1.165, 1.54) is 5.01 Å². The standard InChI is InChI=1S/C17H21N5S/c1-17(2,3)15-20-11(10-23-15)8-9-19-16-21-13-7-5-4-6-12(13)14(18)22-16/h4-7,10H,8-9H2,1-3H3,(H3,18,19,21,22). The lowest BCUT2D eigenvalue weighted by molar-refractivity contribution is 0.583. The number of hydrogen-bond donors (Lipinski definition) is 2. The average molecular weight is 327 g/mol. The molecule has 0 bridgehead atoms. The Morgan fingerprint density at radius 3 is 2.65 bits per heavy atom. The smallest absolute Gasteiger partial charge is 0.225 e. The minimum absolute atomic E-state index is 0.103. The molecule has 1 aromatic carbocycles. The Hall–Kier alpha value is -2.21. The van der Waals surface area contributed by atoms with Crippen LogP contribution in [-0.4, -0.2) is 21.5 Å². The minimum atomic E-state index is 0.103. The van der Waals surface area contributed by atoms with Crippen molar-refractivity contribution < 1.29 is 0 Å². The predicted molar refractivity (Wildman–Crippen MR) is 97.0 cm³/mol. The molecular weight excluding hydrogens is 306 g/mol. The second-order valence-electron chi connectivity index (χ2n) is 6.52. The molecule has 0 spiro atoms. The van der Waals surface area contributed by atoms with Crippen molar-refractivity contribution in [3.05, 3.63) is 40.3 Å². The number of thiazole rings is 1. The van der Waals surface area contributed by atoms with Crippen LogP contribution in [0.2, 0.25) is 0 Å².